The summed E-state index contributed by atoms with van der Waals surface area (Å²) in [6.45, 7) is 3.84. The molecule has 0 bridgehead atoms. The third-order valence-corrected chi connectivity index (χ3v) is 5.28. The summed E-state index contributed by atoms with van der Waals surface area (Å²) in [5.74, 6) is -2.73. The highest BCUT2D eigenvalue weighted by Crippen LogP contribution is 2.30. The lowest BCUT2D eigenvalue weighted by Crippen LogP contribution is -2.29. The monoisotopic (exact) mass is 413 g/mol. The molecular weight excluding hydrogens is 396 g/mol. The summed E-state index contributed by atoms with van der Waals surface area (Å²) in [6.07, 6.45) is 0. The van der Waals surface area contributed by atoms with Crippen LogP contribution in [0.25, 0.3) is 0 Å². The van der Waals surface area contributed by atoms with Gasteiger partial charge in [-0.25, -0.2) is 4.90 Å². The van der Waals surface area contributed by atoms with E-state index in [2.05, 4.69) is 5.32 Å². The number of imide groups is 1. The van der Waals surface area contributed by atoms with E-state index < -0.39 is 23.7 Å². The molecule has 1 aliphatic heterocycles. The fourth-order valence-electron chi connectivity index (χ4n) is 3.37. The van der Waals surface area contributed by atoms with Gasteiger partial charge in [0.25, 0.3) is 17.7 Å². The first-order valence-electron chi connectivity index (χ1n) is 9.49. The van der Waals surface area contributed by atoms with Gasteiger partial charge in [-0.3, -0.25) is 14.4 Å². The lowest BCUT2D eigenvalue weighted by molar-refractivity contribution is -0.255. The van der Waals surface area contributed by atoms with E-state index >= 15 is 0 Å². The topological polar surface area (TPSA) is 107 Å². The molecule has 0 aromatic heterocycles. The van der Waals surface area contributed by atoms with Crippen LogP contribution in [0.15, 0.2) is 60.7 Å². The van der Waals surface area contributed by atoms with Crippen molar-refractivity contribution in [3.05, 3.63) is 94.0 Å². The number of carboxylic acid groups (broad SMARTS) is 1. The average molecular weight is 413 g/mol. The predicted molar refractivity (Wildman–Crippen MR) is 112 cm³/mol. The molecule has 0 radical (unpaired) electrons. The van der Waals surface area contributed by atoms with Crippen molar-refractivity contribution in [1.82, 2.24) is 0 Å². The zero-order chi connectivity index (χ0) is 22.3. The fraction of sp³-hybridized carbons (Fsp3) is 0.0833. The van der Waals surface area contributed by atoms with Crippen LogP contribution in [-0.2, 0) is 0 Å². The van der Waals surface area contributed by atoms with Gasteiger partial charge in [-0.2, -0.15) is 0 Å². The Morgan fingerprint density at radius 2 is 1.42 bits per heavy atom. The predicted octanol–water partition coefficient (Wildman–Crippen LogP) is 2.72. The van der Waals surface area contributed by atoms with Gasteiger partial charge < -0.3 is 15.2 Å². The number of aromatic carboxylic acids is 1. The molecule has 0 unspecified atom stereocenters. The molecule has 0 spiro atoms. The molecular formula is C24H17N2O5-. The van der Waals surface area contributed by atoms with Crippen LogP contribution < -0.4 is 15.3 Å². The van der Waals surface area contributed by atoms with Gasteiger partial charge in [-0.15, -0.1) is 0 Å². The zero-order valence-corrected chi connectivity index (χ0v) is 16.8. The summed E-state index contributed by atoms with van der Waals surface area (Å²) in [6, 6.07) is 15.2. The van der Waals surface area contributed by atoms with Gasteiger partial charge in [0.2, 0.25) is 0 Å². The Kier molecular flexibility index (Phi) is 4.87. The van der Waals surface area contributed by atoms with Gasteiger partial charge in [0, 0.05) is 11.3 Å². The minimum Gasteiger partial charge on any atom is -0.545 e. The van der Waals surface area contributed by atoms with E-state index in [4.69, 9.17) is 0 Å². The minimum atomic E-state index is -1.31. The van der Waals surface area contributed by atoms with E-state index in [9.17, 15) is 24.3 Å². The van der Waals surface area contributed by atoms with Gasteiger partial charge in [0.05, 0.1) is 22.8 Å². The number of rotatable bonds is 4. The lowest BCUT2D eigenvalue weighted by atomic mass is 10.1. The Labute approximate surface area is 177 Å². The molecule has 3 amide bonds. The summed E-state index contributed by atoms with van der Waals surface area (Å²) in [7, 11) is 0. The number of aryl methyl sites for hydroxylation is 2. The SMILES string of the molecule is Cc1ccc(N2C(=O)c3ccc(C(=O)Nc4ccc(C(=O)[O-])cc4)cc3C2=O)cc1C. The lowest BCUT2D eigenvalue weighted by Gasteiger charge is -2.15. The number of nitrogens with zero attached hydrogens (tertiary/aromatic N) is 1. The van der Waals surface area contributed by atoms with Crippen molar-refractivity contribution in [3.8, 4) is 0 Å². The standard InChI is InChI=1S/C24H18N2O5/c1-13-3-9-18(11-14(13)2)26-22(28)19-10-6-16(12-20(19)23(26)29)21(27)25-17-7-4-15(5-8-17)24(30)31/h3-12H,1-2H3,(H,25,27)(H,30,31)/p-1. The van der Waals surface area contributed by atoms with Crippen LogP contribution in [0.3, 0.4) is 0 Å². The zero-order valence-electron chi connectivity index (χ0n) is 16.8. The summed E-state index contributed by atoms with van der Waals surface area (Å²) in [5.41, 5.74) is 3.45. The summed E-state index contributed by atoms with van der Waals surface area (Å²) in [4.78, 5) is 50.3. The van der Waals surface area contributed by atoms with Crippen molar-refractivity contribution in [2.45, 2.75) is 13.8 Å². The van der Waals surface area contributed by atoms with Gasteiger partial charge in [-0.05, 0) is 73.0 Å². The van der Waals surface area contributed by atoms with Crippen LogP contribution in [0.1, 0.15) is 52.6 Å². The second kappa shape index (κ2) is 7.53. The second-order valence-electron chi connectivity index (χ2n) is 7.29. The highest BCUT2D eigenvalue weighted by Gasteiger charge is 2.37. The van der Waals surface area contributed by atoms with Gasteiger partial charge in [0.1, 0.15) is 0 Å². The van der Waals surface area contributed by atoms with E-state index in [1.165, 1.54) is 42.5 Å². The van der Waals surface area contributed by atoms with Crippen LogP contribution in [0, 0.1) is 13.8 Å². The molecule has 0 fully saturated rings. The normalized spacial score (nSPS) is 12.6. The molecule has 1 heterocycles. The molecule has 0 aliphatic carbocycles. The van der Waals surface area contributed by atoms with Crippen LogP contribution in [0.4, 0.5) is 11.4 Å². The van der Waals surface area contributed by atoms with E-state index in [-0.39, 0.29) is 22.3 Å². The van der Waals surface area contributed by atoms with E-state index in [0.717, 1.165) is 16.0 Å². The highest BCUT2D eigenvalue weighted by atomic mass is 16.4. The Hall–Kier alpha value is -4.26. The number of nitrogens with one attached hydrogen (secondary N) is 1. The quantitative estimate of drug-likeness (QED) is 0.662. The number of hydrogen-bond acceptors (Lipinski definition) is 5. The Bertz CT molecular complexity index is 1260. The van der Waals surface area contributed by atoms with Gasteiger partial charge >= 0.3 is 0 Å². The Morgan fingerprint density at radius 3 is 2.06 bits per heavy atom. The molecule has 1 N–H and O–H groups in total. The number of carbonyl (C=O) groups is 4. The molecule has 154 valence electrons. The molecule has 0 atom stereocenters. The number of amides is 3. The number of hydrogen-bond donors (Lipinski definition) is 1. The fourth-order valence-corrected chi connectivity index (χ4v) is 3.37. The number of fused-ring (bicyclic) bond motifs is 1. The van der Waals surface area contributed by atoms with Gasteiger partial charge in [-0.1, -0.05) is 18.2 Å². The van der Waals surface area contributed by atoms with Crippen molar-refractivity contribution in [1.29, 1.82) is 0 Å². The first-order valence-corrected chi connectivity index (χ1v) is 9.49. The summed E-state index contributed by atoms with van der Waals surface area (Å²) >= 11 is 0. The first kappa shape index (κ1) is 20.0. The number of anilines is 2. The number of carbonyl (C=O) groups excluding carboxylic acids is 4. The van der Waals surface area contributed by atoms with E-state index in [1.54, 1.807) is 12.1 Å². The summed E-state index contributed by atoms with van der Waals surface area (Å²) < 4.78 is 0. The number of benzene rings is 3. The minimum absolute atomic E-state index is 0.00827. The van der Waals surface area contributed by atoms with Crippen molar-refractivity contribution >= 4 is 35.1 Å². The summed E-state index contributed by atoms with van der Waals surface area (Å²) in [5, 5.41) is 13.5. The molecule has 0 saturated heterocycles. The molecule has 31 heavy (non-hydrogen) atoms. The third-order valence-electron chi connectivity index (χ3n) is 5.28. The van der Waals surface area contributed by atoms with Crippen molar-refractivity contribution < 1.29 is 24.3 Å². The largest absolute Gasteiger partial charge is 0.545 e. The average Bonchev–Trinajstić information content (AvgIpc) is 3.00. The smallest absolute Gasteiger partial charge is 0.266 e. The van der Waals surface area contributed by atoms with Crippen molar-refractivity contribution in [2.24, 2.45) is 0 Å². The van der Waals surface area contributed by atoms with Crippen LogP contribution in [-0.4, -0.2) is 23.7 Å². The van der Waals surface area contributed by atoms with Crippen molar-refractivity contribution in [2.75, 3.05) is 10.2 Å². The van der Waals surface area contributed by atoms with E-state index in [1.807, 2.05) is 19.9 Å². The van der Waals surface area contributed by atoms with Gasteiger partial charge in [0.15, 0.2) is 0 Å². The van der Waals surface area contributed by atoms with Crippen LogP contribution >= 0.6 is 0 Å². The Morgan fingerprint density at radius 1 is 0.774 bits per heavy atom. The molecule has 0 saturated carbocycles. The molecule has 3 aromatic rings. The second-order valence-corrected chi connectivity index (χ2v) is 7.29. The molecule has 4 rings (SSSR count). The molecule has 7 heteroatoms. The maximum Gasteiger partial charge on any atom is 0.266 e. The Balaban J connectivity index is 1.59. The van der Waals surface area contributed by atoms with Crippen LogP contribution in [0.5, 0.6) is 0 Å². The van der Waals surface area contributed by atoms with Crippen LogP contribution in [0.2, 0.25) is 0 Å². The first-order chi connectivity index (χ1) is 14.8. The maximum atomic E-state index is 13.0. The highest BCUT2D eigenvalue weighted by molar-refractivity contribution is 6.34. The van der Waals surface area contributed by atoms with E-state index in [0.29, 0.717) is 11.4 Å². The molecule has 3 aromatic carbocycles. The molecule has 7 nitrogen and oxygen atoms in total. The van der Waals surface area contributed by atoms with Crippen molar-refractivity contribution in [3.63, 3.8) is 0 Å². The third kappa shape index (κ3) is 3.57. The number of carboxylic acids is 1. The maximum absolute atomic E-state index is 13.0. The molecule has 1 aliphatic rings.